The predicted octanol–water partition coefficient (Wildman–Crippen LogP) is 3.98. The summed E-state index contributed by atoms with van der Waals surface area (Å²) in [5.41, 5.74) is 0.537. The Hall–Kier alpha value is -2.98. The molecule has 1 aromatic heterocycles. The second-order valence-electron chi connectivity index (χ2n) is 6.20. The van der Waals surface area contributed by atoms with Crippen molar-refractivity contribution >= 4 is 51.5 Å². The number of furan rings is 1. The third kappa shape index (κ3) is 4.54. The van der Waals surface area contributed by atoms with Crippen LogP contribution in [0.15, 0.2) is 32.8 Å². The quantitative estimate of drug-likeness (QED) is 0.339. The van der Waals surface area contributed by atoms with E-state index in [1.807, 2.05) is 6.92 Å². The largest absolute Gasteiger partial charge is 0.493 e. The molecule has 0 atom stereocenters. The maximum atomic E-state index is 12.8. The van der Waals surface area contributed by atoms with E-state index in [1.165, 1.54) is 32.4 Å². The first-order valence-electron chi connectivity index (χ1n) is 9.01. The Labute approximate surface area is 191 Å². The molecule has 2 heterocycles. The number of ether oxygens (including phenoxy) is 3. The second kappa shape index (κ2) is 9.44. The van der Waals surface area contributed by atoms with Crippen LogP contribution >= 0.6 is 27.5 Å². The highest BCUT2D eigenvalue weighted by molar-refractivity contribution is 9.10. The number of amides is 3. The highest BCUT2D eigenvalue weighted by Gasteiger charge is 2.34. The van der Waals surface area contributed by atoms with Gasteiger partial charge in [-0.2, -0.15) is 0 Å². The Morgan fingerprint density at radius 3 is 2.71 bits per heavy atom. The van der Waals surface area contributed by atoms with Crippen LogP contribution in [0.5, 0.6) is 11.5 Å². The smallest absolute Gasteiger partial charge is 0.373 e. The molecule has 3 amide bonds. The van der Waals surface area contributed by atoms with Crippen molar-refractivity contribution in [3.63, 3.8) is 0 Å². The third-order valence-electron chi connectivity index (χ3n) is 4.29. The maximum absolute atomic E-state index is 12.8. The molecule has 1 N–H and O–H groups in total. The van der Waals surface area contributed by atoms with Gasteiger partial charge in [-0.1, -0.05) is 11.6 Å². The number of esters is 1. The lowest BCUT2D eigenvalue weighted by Crippen LogP contribution is -2.30. The molecule has 31 heavy (non-hydrogen) atoms. The fourth-order valence-electron chi connectivity index (χ4n) is 2.84. The number of urea groups is 1. The molecular weight excluding hydrogens is 496 g/mol. The van der Waals surface area contributed by atoms with E-state index < -0.39 is 17.9 Å². The minimum Gasteiger partial charge on any atom is -0.493 e. The van der Waals surface area contributed by atoms with E-state index >= 15 is 0 Å². The minimum absolute atomic E-state index is 0.0274. The lowest BCUT2D eigenvalue weighted by atomic mass is 10.1. The standard InChI is InChI=1S/C20H18BrClN2O7/c1-4-30-17-14(28-2)8-10(15(21)16(17)22)7-12-18(25)24(20(27)23-12)9-11-5-6-13(31-11)19(26)29-3/h5-8H,4,9H2,1-3H3,(H,23,27)/b12-7-. The van der Waals surface area contributed by atoms with Crippen molar-refractivity contribution < 1.29 is 33.0 Å². The molecule has 1 fully saturated rings. The summed E-state index contributed by atoms with van der Waals surface area (Å²) in [5, 5.41) is 2.79. The molecule has 0 saturated carbocycles. The van der Waals surface area contributed by atoms with Gasteiger partial charge in [0.25, 0.3) is 5.91 Å². The first-order chi connectivity index (χ1) is 14.8. The zero-order valence-electron chi connectivity index (χ0n) is 16.8. The molecule has 1 aliphatic heterocycles. The summed E-state index contributed by atoms with van der Waals surface area (Å²) in [4.78, 5) is 37.6. The maximum Gasteiger partial charge on any atom is 0.373 e. The highest BCUT2D eigenvalue weighted by atomic mass is 79.9. The van der Waals surface area contributed by atoms with Crippen molar-refractivity contribution in [2.45, 2.75) is 13.5 Å². The monoisotopic (exact) mass is 512 g/mol. The van der Waals surface area contributed by atoms with Crippen LogP contribution < -0.4 is 14.8 Å². The van der Waals surface area contributed by atoms with Gasteiger partial charge in [0.15, 0.2) is 11.5 Å². The number of hydrogen-bond acceptors (Lipinski definition) is 7. The Morgan fingerprint density at radius 1 is 1.32 bits per heavy atom. The van der Waals surface area contributed by atoms with E-state index in [1.54, 1.807) is 6.07 Å². The fourth-order valence-corrected chi connectivity index (χ4v) is 3.51. The summed E-state index contributed by atoms with van der Waals surface area (Å²) in [6.45, 7) is 2.04. The molecular formula is C20H18BrClN2O7. The molecule has 2 aromatic rings. The highest BCUT2D eigenvalue weighted by Crippen LogP contribution is 2.43. The topological polar surface area (TPSA) is 107 Å². The molecule has 11 heteroatoms. The average molecular weight is 514 g/mol. The van der Waals surface area contributed by atoms with E-state index in [2.05, 4.69) is 26.0 Å². The summed E-state index contributed by atoms with van der Waals surface area (Å²) in [6, 6.07) is 3.89. The number of carbonyl (C=O) groups excluding carboxylic acids is 3. The van der Waals surface area contributed by atoms with E-state index in [0.29, 0.717) is 28.1 Å². The van der Waals surface area contributed by atoms with E-state index in [0.717, 1.165) is 4.90 Å². The lowest BCUT2D eigenvalue weighted by Gasteiger charge is -2.14. The van der Waals surface area contributed by atoms with E-state index in [9.17, 15) is 14.4 Å². The lowest BCUT2D eigenvalue weighted by molar-refractivity contribution is -0.123. The summed E-state index contributed by atoms with van der Waals surface area (Å²) in [7, 11) is 2.69. The van der Waals surface area contributed by atoms with Gasteiger partial charge in [-0.15, -0.1) is 0 Å². The molecule has 164 valence electrons. The summed E-state index contributed by atoms with van der Waals surface area (Å²) in [6.07, 6.45) is 1.47. The van der Waals surface area contributed by atoms with Gasteiger partial charge in [-0.25, -0.2) is 9.59 Å². The number of imide groups is 1. The van der Waals surface area contributed by atoms with Crippen molar-refractivity contribution in [3.8, 4) is 11.5 Å². The molecule has 1 aromatic carbocycles. The molecule has 0 spiro atoms. The Kier molecular flexibility index (Phi) is 6.91. The van der Waals surface area contributed by atoms with Crippen molar-refractivity contribution in [2.75, 3.05) is 20.8 Å². The van der Waals surface area contributed by atoms with Crippen molar-refractivity contribution in [3.05, 3.63) is 50.5 Å². The van der Waals surface area contributed by atoms with Crippen molar-refractivity contribution in [1.29, 1.82) is 0 Å². The van der Waals surface area contributed by atoms with Crippen LogP contribution in [-0.2, 0) is 16.1 Å². The zero-order valence-corrected chi connectivity index (χ0v) is 19.1. The average Bonchev–Trinajstić information content (AvgIpc) is 3.33. The molecule has 1 saturated heterocycles. The number of methoxy groups -OCH3 is 2. The molecule has 0 bridgehead atoms. The Balaban J connectivity index is 1.87. The van der Waals surface area contributed by atoms with E-state index in [-0.39, 0.29) is 28.8 Å². The van der Waals surface area contributed by atoms with Crippen LogP contribution in [0, 0.1) is 0 Å². The number of nitrogens with zero attached hydrogens (tertiary/aromatic N) is 1. The van der Waals surface area contributed by atoms with Crippen molar-refractivity contribution in [2.24, 2.45) is 0 Å². The molecule has 3 rings (SSSR count). The summed E-state index contributed by atoms with van der Waals surface area (Å²) in [5.74, 6) is -0.269. The van der Waals surface area contributed by atoms with Gasteiger partial charge in [0.2, 0.25) is 5.76 Å². The first-order valence-corrected chi connectivity index (χ1v) is 10.2. The minimum atomic E-state index is -0.657. The molecule has 9 nitrogen and oxygen atoms in total. The number of hydrogen-bond donors (Lipinski definition) is 1. The van der Waals surface area contributed by atoms with E-state index in [4.69, 9.17) is 25.5 Å². The zero-order chi connectivity index (χ0) is 22.7. The SMILES string of the molecule is CCOc1c(OC)cc(/C=C2\NC(=O)N(Cc3ccc(C(=O)OC)o3)C2=O)c(Br)c1Cl. The molecule has 0 unspecified atom stereocenters. The Morgan fingerprint density at radius 2 is 2.06 bits per heavy atom. The molecule has 0 radical (unpaired) electrons. The van der Waals surface area contributed by atoms with Gasteiger partial charge in [0.05, 0.1) is 27.4 Å². The van der Waals surface area contributed by atoms with Crippen LogP contribution in [0.4, 0.5) is 4.79 Å². The fraction of sp³-hybridized carbons (Fsp3) is 0.250. The van der Waals surface area contributed by atoms with Crippen LogP contribution in [0.2, 0.25) is 5.02 Å². The van der Waals surface area contributed by atoms with Gasteiger partial charge >= 0.3 is 12.0 Å². The first kappa shape index (κ1) is 22.7. The van der Waals surface area contributed by atoms with Gasteiger partial charge in [-0.05, 0) is 52.7 Å². The number of benzene rings is 1. The molecule has 1 aliphatic rings. The predicted molar refractivity (Wildman–Crippen MR) is 114 cm³/mol. The van der Waals surface area contributed by atoms with Gasteiger partial charge in [0.1, 0.15) is 16.5 Å². The normalized spacial score (nSPS) is 14.7. The van der Waals surface area contributed by atoms with Crippen molar-refractivity contribution in [1.82, 2.24) is 10.2 Å². The van der Waals surface area contributed by atoms with Crippen LogP contribution in [0.25, 0.3) is 6.08 Å². The van der Waals surface area contributed by atoms with Gasteiger partial charge < -0.3 is 23.9 Å². The van der Waals surface area contributed by atoms with Gasteiger partial charge in [-0.3, -0.25) is 9.69 Å². The number of rotatable bonds is 7. The van der Waals surface area contributed by atoms with Gasteiger partial charge in [0, 0.05) is 4.47 Å². The summed E-state index contributed by atoms with van der Waals surface area (Å²) >= 11 is 9.76. The molecule has 0 aliphatic carbocycles. The number of nitrogens with one attached hydrogen (secondary N) is 1. The second-order valence-corrected chi connectivity index (χ2v) is 7.37. The van der Waals surface area contributed by atoms with Crippen LogP contribution in [-0.4, -0.2) is 43.6 Å². The Bertz CT molecular complexity index is 1080. The number of halogens is 2. The van der Waals surface area contributed by atoms with Crippen LogP contribution in [0.1, 0.15) is 28.8 Å². The number of carbonyl (C=O) groups is 3. The van der Waals surface area contributed by atoms with Crippen LogP contribution in [0.3, 0.4) is 0 Å². The summed E-state index contributed by atoms with van der Waals surface area (Å²) < 4.78 is 21.2. The third-order valence-corrected chi connectivity index (χ3v) is 5.73.